The van der Waals surface area contributed by atoms with Crippen LogP contribution < -0.4 is 14.8 Å². The van der Waals surface area contributed by atoms with Crippen molar-refractivity contribution in [1.29, 1.82) is 0 Å². The summed E-state index contributed by atoms with van der Waals surface area (Å²) in [6, 6.07) is 11.5. The van der Waals surface area contributed by atoms with Crippen LogP contribution in [0.15, 0.2) is 47.2 Å². The molecule has 1 amide bonds. The van der Waals surface area contributed by atoms with Gasteiger partial charge in [-0.15, -0.1) is 0 Å². The quantitative estimate of drug-likeness (QED) is 0.398. The van der Waals surface area contributed by atoms with Gasteiger partial charge in [-0.1, -0.05) is 6.07 Å². The first kappa shape index (κ1) is 25.0. The average Bonchev–Trinajstić information content (AvgIpc) is 2.83. The van der Waals surface area contributed by atoms with Crippen LogP contribution in [0.3, 0.4) is 0 Å². The van der Waals surface area contributed by atoms with Crippen molar-refractivity contribution in [1.82, 2.24) is 14.9 Å². The molecule has 0 radical (unpaired) electrons. The highest BCUT2D eigenvalue weighted by molar-refractivity contribution is 9.10. The van der Waals surface area contributed by atoms with Gasteiger partial charge in [-0.3, -0.25) is 0 Å². The number of likely N-dealkylation sites (tertiary alicyclic amines) is 1. The number of fused-ring (bicyclic) bond motifs is 1. The van der Waals surface area contributed by atoms with E-state index in [2.05, 4.69) is 31.2 Å². The van der Waals surface area contributed by atoms with Crippen molar-refractivity contribution in [2.45, 2.75) is 39.2 Å². The number of halogens is 1. The third-order valence-electron chi connectivity index (χ3n) is 5.79. The number of nitrogens with one attached hydrogen (secondary N) is 1. The van der Waals surface area contributed by atoms with Crippen LogP contribution >= 0.6 is 15.9 Å². The highest BCUT2D eigenvalue weighted by Crippen LogP contribution is 2.35. The molecule has 8 nitrogen and oxygen atoms in total. The van der Waals surface area contributed by atoms with E-state index in [1.165, 1.54) is 6.33 Å². The Bertz CT molecular complexity index is 1180. The molecule has 186 valence electrons. The monoisotopic (exact) mass is 542 g/mol. The molecule has 0 spiro atoms. The fourth-order valence-electron chi connectivity index (χ4n) is 3.96. The van der Waals surface area contributed by atoms with Crippen molar-refractivity contribution >= 4 is 44.4 Å². The summed E-state index contributed by atoms with van der Waals surface area (Å²) < 4.78 is 18.0. The summed E-state index contributed by atoms with van der Waals surface area (Å²) in [6.07, 6.45) is 3.02. The summed E-state index contributed by atoms with van der Waals surface area (Å²) in [5, 5.41) is 4.20. The number of hydrogen-bond donors (Lipinski definition) is 1. The minimum absolute atomic E-state index is 0.248. The topological polar surface area (TPSA) is 85.8 Å². The Labute approximate surface area is 214 Å². The molecule has 4 rings (SSSR count). The summed E-state index contributed by atoms with van der Waals surface area (Å²) in [7, 11) is 1.64. The number of aromatic nitrogens is 2. The lowest BCUT2D eigenvalue weighted by Gasteiger charge is -2.33. The van der Waals surface area contributed by atoms with Gasteiger partial charge in [-0.2, -0.15) is 0 Å². The Morgan fingerprint density at radius 1 is 1.17 bits per heavy atom. The van der Waals surface area contributed by atoms with Crippen molar-refractivity contribution in [3.05, 3.63) is 47.2 Å². The summed E-state index contributed by atoms with van der Waals surface area (Å²) in [5.41, 5.74) is 1.13. The predicted molar refractivity (Wildman–Crippen MR) is 140 cm³/mol. The first-order valence-electron chi connectivity index (χ1n) is 11.7. The molecule has 0 bridgehead atoms. The number of nitrogens with zero attached hydrogens (tertiary/aromatic N) is 3. The van der Waals surface area contributed by atoms with Gasteiger partial charge < -0.3 is 24.4 Å². The van der Waals surface area contributed by atoms with Gasteiger partial charge >= 0.3 is 6.09 Å². The standard InChI is InChI=1S/C26H31BrN4O4/c1-26(2,3)35-25(32)31-12-10-17(11-13-31)15-34-22-7-5-6-20-23(22)24(29-16-28-20)30-21-14-18(33-4)8-9-19(21)27/h5-9,14,16-17H,10-13,15H2,1-4H3,(H,28,29,30). The van der Waals surface area contributed by atoms with Crippen molar-refractivity contribution in [2.24, 2.45) is 5.92 Å². The molecule has 0 unspecified atom stereocenters. The molecule has 0 aliphatic carbocycles. The van der Waals surface area contributed by atoms with Crippen LogP contribution in [0.25, 0.3) is 10.9 Å². The number of ether oxygens (including phenoxy) is 3. The van der Waals surface area contributed by atoms with Crippen LogP contribution in [0.4, 0.5) is 16.3 Å². The Balaban J connectivity index is 1.46. The minimum Gasteiger partial charge on any atom is -0.497 e. The molecular weight excluding hydrogens is 512 g/mol. The Kier molecular flexibility index (Phi) is 7.64. The number of rotatable bonds is 6. The van der Waals surface area contributed by atoms with E-state index in [1.807, 2.05) is 57.2 Å². The van der Waals surface area contributed by atoms with Gasteiger partial charge in [-0.25, -0.2) is 14.8 Å². The summed E-state index contributed by atoms with van der Waals surface area (Å²) in [5.74, 6) is 2.46. The van der Waals surface area contributed by atoms with Crippen LogP contribution in [-0.2, 0) is 4.74 Å². The number of amides is 1. The molecule has 0 atom stereocenters. The van der Waals surface area contributed by atoms with E-state index in [1.54, 1.807) is 12.0 Å². The molecule has 3 aromatic rings. The number of benzene rings is 2. The first-order valence-corrected chi connectivity index (χ1v) is 12.5. The first-order chi connectivity index (χ1) is 16.7. The molecule has 1 fully saturated rings. The Hall–Kier alpha value is -3.07. The average molecular weight is 543 g/mol. The largest absolute Gasteiger partial charge is 0.497 e. The molecule has 0 saturated carbocycles. The maximum atomic E-state index is 12.3. The molecule has 35 heavy (non-hydrogen) atoms. The van der Waals surface area contributed by atoms with Gasteiger partial charge in [0.15, 0.2) is 0 Å². The van der Waals surface area contributed by atoms with E-state index in [9.17, 15) is 4.79 Å². The zero-order valence-electron chi connectivity index (χ0n) is 20.5. The number of carbonyl (C=O) groups is 1. The van der Waals surface area contributed by atoms with Gasteiger partial charge in [0.25, 0.3) is 0 Å². The van der Waals surface area contributed by atoms with Gasteiger partial charge in [0.1, 0.15) is 29.2 Å². The molecule has 1 aromatic heterocycles. The molecule has 1 aliphatic rings. The molecular formula is C26H31BrN4O4. The highest BCUT2D eigenvalue weighted by atomic mass is 79.9. The number of anilines is 2. The fourth-order valence-corrected chi connectivity index (χ4v) is 4.31. The van der Waals surface area contributed by atoms with Crippen molar-refractivity contribution in [3.8, 4) is 11.5 Å². The third-order valence-corrected chi connectivity index (χ3v) is 6.48. The Morgan fingerprint density at radius 2 is 1.94 bits per heavy atom. The molecule has 2 aromatic carbocycles. The van der Waals surface area contributed by atoms with Crippen molar-refractivity contribution in [2.75, 3.05) is 32.1 Å². The smallest absolute Gasteiger partial charge is 0.410 e. The SMILES string of the molecule is COc1ccc(Br)c(Nc2ncnc3cccc(OCC4CCN(C(=O)OC(C)(C)C)CC4)c23)c1. The summed E-state index contributed by atoms with van der Waals surface area (Å²) in [4.78, 5) is 23.0. The second-order valence-corrected chi connectivity index (χ2v) is 10.4. The van der Waals surface area contributed by atoms with E-state index in [0.29, 0.717) is 31.4 Å². The molecule has 1 aliphatic heterocycles. The summed E-state index contributed by atoms with van der Waals surface area (Å²) in [6.45, 7) is 7.54. The van der Waals surface area contributed by atoms with Crippen molar-refractivity contribution in [3.63, 3.8) is 0 Å². The molecule has 2 heterocycles. The number of hydrogen-bond acceptors (Lipinski definition) is 7. The van der Waals surface area contributed by atoms with Crippen LogP contribution in [-0.4, -0.2) is 53.4 Å². The Morgan fingerprint density at radius 3 is 2.66 bits per heavy atom. The van der Waals surface area contributed by atoms with Crippen LogP contribution in [0.1, 0.15) is 33.6 Å². The van der Waals surface area contributed by atoms with E-state index >= 15 is 0 Å². The number of carbonyl (C=O) groups excluding carboxylic acids is 1. The van der Waals surface area contributed by atoms with Crippen molar-refractivity contribution < 1.29 is 19.0 Å². The maximum absolute atomic E-state index is 12.3. The molecule has 9 heteroatoms. The zero-order chi connectivity index (χ0) is 25.0. The zero-order valence-corrected chi connectivity index (χ0v) is 22.1. The van der Waals surface area contributed by atoms with Crippen LogP contribution in [0.5, 0.6) is 11.5 Å². The van der Waals surface area contributed by atoms with Crippen LogP contribution in [0, 0.1) is 5.92 Å². The highest BCUT2D eigenvalue weighted by Gasteiger charge is 2.27. The molecule has 1 saturated heterocycles. The third kappa shape index (κ3) is 6.33. The van der Waals surface area contributed by atoms with E-state index < -0.39 is 5.60 Å². The van der Waals surface area contributed by atoms with Gasteiger partial charge in [-0.05, 0) is 79.7 Å². The van der Waals surface area contributed by atoms with Gasteiger partial charge in [0.2, 0.25) is 0 Å². The van der Waals surface area contributed by atoms with E-state index in [4.69, 9.17) is 14.2 Å². The second-order valence-electron chi connectivity index (χ2n) is 9.57. The summed E-state index contributed by atoms with van der Waals surface area (Å²) >= 11 is 3.58. The second kappa shape index (κ2) is 10.7. The van der Waals surface area contributed by atoms with Gasteiger partial charge in [0, 0.05) is 23.6 Å². The maximum Gasteiger partial charge on any atom is 0.410 e. The van der Waals surface area contributed by atoms with Gasteiger partial charge in [0.05, 0.1) is 30.3 Å². The number of piperidine rings is 1. The number of methoxy groups -OCH3 is 1. The normalized spacial score (nSPS) is 14.6. The lowest BCUT2D eigenvalue weighted by atomic mass is 9.98. The molecule has 1 N–H and O–H groups in total. The van der Waals surface area contributed by atoms with E-state index in [-0.39, 0.29) is 6.09 Å². The predicted octanol–water partition coefficient (Wildman–Crippen LogP) is 6.17. The lowest BCUT2D eigenvalue weighted by Crippen LogP contribution is -2.42. The minimum atomic E-state index is -0.486. The fraction of sp³-hybridized carbons (Fsp3) is 0.423. The van der Waals surface area contributed by atoms with Crippen LogP contribution in [0.2, 0.25) is 0 Å². The van der Waals surface area contributed by atoms with E-state index in [0.717, 1.165) is 45.4 Å². The lowest BCUT2D eigenvalue weighted by molar-refractivity contribution is 0.0165.